The highest BCUT2D eigenvalue weighted by Gasteiger charge is 2.20. The zero-order valence-corrected chi connectivity index (χ0v) is 17.0. The smallest absolute Gasteiger partial charge is 0.233 e. The number of benzene rings is 2. The molecule has 0 radical (unpaired) electrons. The normalized spacial score (nSPS) is 11.0. The van der Waals surface area contributed by atoms with Crippen molar-refractivity contribution in [1.82, 2.24) is 19.7 Å². The Morgan fingerprint density at radius 3 is 2.46 bits per heavy atom. The van der Waals surface area contributed by atoms with Crippen LogP contribution in [0.2, 0.25) is 0 Å². The highest BCUT2D eigenvalue weighted by Crippen LogP contribution is 2.25. The molecule has 28 heavy (non-hydrogen) atoms. The summed E-state index contributed by atoms with van der Waals surface area (Å²) < 4.78 is 15.7. The summed E-state index contributed by atoms with van der Waals surface area (Å²) >= 11 is 1.31. The molecule has 0 unspecified atom stereocenters. The maximum absolute atomic E-state index is 14.0. The number of carbonyl (C=O) groups excluding carboxylic acids is 1. The minimum atomic E-state index is -0.348. The van der Waals surface area contributed by atoms with Crippen molar-refractivity contribution < 1.29 is 9.18 Å². The van der Waals surface area contributed by atoms with E-state index in [1.807, 2.05) is 49.1 Å². The third-order valence-corrected chi connectivity index (χ3v) is 5.42. The number of nitrogens with zero attached hydrogens (tertiary/aromatic N) is 4. The van der Waals surface area contributed by atoms with Gasteiger partial charge < -0.3 is 9.47 Å². The van der Waals surface area contributed by atoms with E-state index in [0.717, 1.165) is 5.56 Å². The molecule has 0 fully saturated rings. The number of hydrogen-bond donors (Lipinski definition) is 0. The fourth-order valence-corrected chi connectivity index (χ4v) is 3.66. The molecule has 1 aromatic heterocycles. The first kappa shape index (κ1) is 20.1. The maximum atomic E-state index is 14.0. The molecule has 146 valence electrons. The Kier molecular flexibility index (Phi) is 6.46. The van der Waals surface area contributed by atoms with Crippen LogP contribution in [-0.2, 0) is 18.4 Å². The number of thioether (sulfide) groups is 1. The van der Waals surface area contributed by atoms with Gasteiger partial charge in [-0.25, -0.2) is 4.39 Å². The molecule has 7 heteroatoms. The van der Waals surface area contributed by atoms with Crippen LogP contribution in [0.1, 0.15) is 19.4 Å². The van der Waals surface area contributed by atoms with Crippen LogP contribution in [-0.4, -0.2) is 37.4 Å². The summed E-state index contributed by atoms with van der Waals surface area (Å²) in [7, 11) is 1.78. The quantitative estimate of drug-likeness (QED) is 0.561. The Bertz CT molecular complexity index is 943. The molecule has 0 aliphatic rings. The second-order valence-electron chi connectivity index (χ2n) is 6.73. The summed E-state index contributed by atoms with van der Waals surface area (Å²) in [6, 6.07) is 16.5. The van der Waals surface area contributed by atoms with Crippen LogP contribution >= 0.6 is 11.8 Å². The maximum Gasteiger partial charge on any atom is 0.233 e. The number of carbonyl (C=O) groups is 1. The number of aromatic nitrogens is 3. The summed E-state index contributed by atoms with van der Waals surface area (Å²) in [6.07, 6.45) is 0. The van der Waals surface area contributed by atoms with Crippen molar-refractivity contribution in [2.24, 2.45) is 7.05 Å². The predicted molar refractivity (Wildman–Crippen MR) is 109 cm³/mol. The van der Waals surface area contributed by atoms with Gasteiger partial charge in [-0.3, -0.25) is 4.79 Å². The molecule has 0 aliphatic heterocycles. The Morgan fingerprint density at radius 1 is 1.11 bits per heavy atom. The first-order valence-corrected chi connectivity index (χ1v) is 10.1. The van der Waals surface area contributed by atoms with Gasteiger partial charge in [0.05, 0.1) is 11.3 Å². The van der Waals surface area contributed by atoms with Crippen LogP contribution in [0.3, 0.4) is 0 Å². The zero-order chi connectivity index (χ0) is 20.1. The minimum Gasteiger partial charge on any atom is -0.335 e. The Morgan fingerprint density at radius 2 is 1.79 bits per heavy atom. The lowest BCUT2D eigenvalue weighted by atomic mass is 10.2. The number of amides is 1. The Balaban J connectivity index is 1.69. The molecule has 0 saturated heterocycles. The second-order valence-corrected chi connectivity index (χ2v) is 7.68. The molecular formula is C21H23FN4OS. The fraction of sp³-hybridized carbons (Fsp3) is 0.286. The van der Waals surface area contributed by atoms with Crippen LogP contribution in [0.25, 0.3) is 11.4 Å². The number of hydrogen-bond acceptors (Lipinski definition) is 4. The van der Waals surface area contributed by atoms with Crippen molar-refractivity contribution in [3.8, 4) is 11.4 Å². The van der Waals surface area contributed by atoms with Gasteiger partial charge in [-0.2, -0.15) is 0 Å². The second kappa shape index (κ2) is 9.01. The third-order valence-electron chi connectivity index (χ3n) is 4.41. The van der Waals surface area contributed by atoms with Gasteiger partial charge in [0.2, 0.25) is 5.91 Å². The summed E-state index contributed by atoms with van der Waals surface area (Å²) in [4.78, 5) is 14.6. The SMILES string of the molecule is CC(C)N(Cc1ccccc1)C(=O)CSc1nnc(-c2ccccc2F)n1C. The van der Waals surface area contributed by atoms with E-state index in [4.69, 9.17) is 0 Å². The molecule has 0 N–H and O–H groups in total. The lowest BCUT2D eigenvalue weighted by Crippen LogP contribution is -2.37. The Hall–Kier alpha value is -2.67. The summed E-state index contributed by atoms with van der Waals surface area (Å²) in [6.45, 7) is 4.57. The molecule has 0 saturated carbocycles. The van der Waals surface area contributed by atoms with Gasteiger partial charge >= 0.3 is 0 Å². The standard InChI is InChI=1S/C21H23FN4OS/c1-15(2)26(13-16-9-5-4-6-10-16)19(27)14-28-21-24-23-20(25(21)3)17-11-7-8-12-18(17)22/h4-12,15H,13-14H2,1-3H3. The molecule has 0 spiro atoms. The summed E-state index contributed by atoms with van der Waals surface area (Å²) in [5.41, 5.74) is 1.48. The highest BCUT2D eigenvalue weighted by molar-refractivity contribution is 7.99. The zero-order valence-electron chi connectivity index (χ0n) is 16.2. The molecular weight excluding hydrogens is 375 g/mol. The summed E-state index contributed by atoms with van der Waals surface area (Å²) in [5, 5.41) is 8.81. The number of halogens is 1. The molecule has 0 aliphatic carbocycles. The highest BCUT2D eigenvalue weighted by atomic mass is 32.2. The average molecular weight is 399 g/mol. The van der Waals surface area contributed by atoms with Crippen molar-refractivity contribution in [2.45, 2.75) is 31.6 Å². The van der Waals surface area contributed by atoms with E-state index < -0.39 is 0 Å². The molecule has 3 aromatic rings. The van der Waals surface area contributed by atoms with Crippen LogP contribution in [0.15, 0.2) is 59.8 Å². The van der Waals surface area contributed by atoms with Crippen molar-refractivity contribution in [3.05, 3.63) is 66.0 Å². The largest absolute Gasteiger partial charge is 0.335 e. The van der Waals surface area contributed by atoms with E-state index >= 15 is 0 Å². The Labute approximate surface area is 168 Å². The van der Waals surface area contributed by atoms with Crippen LogP contribution < -0.4 is 0 Å². The van der Waals surface area contributed by atoms with Crippen LogP contribution in [0.5, 0.6) is 0 Å². The first-order chi connectivity index (χ1) is 13.5. The minimum absolute atomic E-state index is 0.0271. The van der Waals surface area contributed by atoms with E-state index in [2.05, 4.69) is 10.2 Å². The lowest BCUT2D eigenvalue weighted by Gasteiger charge is -2.26. The van der Waals surface area contributed by atoms with Gasteiger partial charge in [-0.1, -0.05) is 54.2 Å². The van der Waals surface area contributed by atoms with E-state index in [1.165, 1.54) is 17.8 Å². The lowest BCUT2D eigenvalue weighted by molar-refractivity contribution is -0.130. The predicted octanol–water partition coefficient (Wildman–Crippen LogP) is 4.15. The number of rotatable bonds is 7. The van der Waals surface area contributed by atoms with Crippen LogP contribution in [0.4, 0.5) is 4.39 Å². The van der Waals surface area contributed by atoms with Gasteiger partial charge in [0.1, 0.15) is 5.82 Å². The van der Waals surface area contributed by atoms with E-state index in [9.17, 15) is 9.18 Å². The van der Waals surface area contributed by atoms with Crippen molar-refractivity contribution >= 4 is 17.7 Å². The van der Waals surface area contributed by atoms with Crippen molar-refractivity contribution in [1.29, 1.82) is 0 Å². The molecule has 1 heterocycles. The van der Waals surface area contributed by atoms with Gasteiger partial charge in [0.25, 0.3) is 0 Å². The van der Waals surface area contributed by atoms with Crippen molar-refractivity contribution in [3.63, 3.8) is 0 Å². The van der Waals surface area contributed by atoms with E-state index in [0.29, 0.717) is 23.1 Å². The molecule has 0 bridgehead atoms. The van der Waals surface area contributed by atoms with Crippen LogP contribution in [0, 0.1) is 5.82 Å². The molecule has 3 rings (SSSR count). The topological polar surface area (TPSA) is 51.0 Å². The third kappa shape index (κ3) is 4.59. The fourth-order valence-electron chi connectivity index (χ4n) is 2.87. The average Bonchev–Trinajstić information content (AvgIpc) is 3.05. The van der Waals surface area contributed by atoms with E-state index in [1.54, 1.807) is 29.8 Å². The summed E-state index contributed by atoms with van der Waals surface area (Å²) in [5.74, 6) is 0.366. The van der Waals surface area contributed by atoms with Gasteiger partial charge in [0, 0.05) is 19.6 Å². The van der Waals surface area contributed by atoms with Crippen molar-refractivity contribution in [2.75, 3.05) is 5.75 Å². The molecule has 2 aromatic carbocycles. The van der Waals surface area contributed by atoms with Gasteiger partial charge in [-0.05, 0) is 31.5 Å². The van der Waals surface area contributed by atoms with Gasteiger partial charge in [-0.15, -0.1) is 10.2 Å². The molecule has 1 amide bonds. The first-order valence-electron chi connectivity index (χ1n) is 9.08. The monoisotopic (exact) mass is 398 g/mol. The molecule has 0 atom stereocenters. The van der Waals surface area contributed by atoms with Gasteiger partial charge in [0.15, 0.2) is 11.0 Å². The molecule has 5 nitrogen and oxygen atoms in total. The van der Waals surface area contributed by atoms with E-state index in [-0.39, 0.29) is 23.5 Å².